The van der Waals surface area contributed by atoms with Gasteiger partial charge in [-0.2, -0.15) is 10.2 Å². The van der Waals surface area contributed by atoms with Gasteiger partial charge in [0.1, 0.15) is 12.1 Å². The summed E-state index contributed by atoms with van der Waals surface area (Å²) in [6, 6.07) is 2.02. The van der Waals surface area contributed by atoms with Crippen molar-refractivity contribution in [1.82, 2.24) is 29.5 Å². The average Bonchev–Trinajstić information content (AvgIpc) is 3.37. The molecule has 1 saturated carbocycles. The summed E-state index contributed by atoms with van der Waals surface area (Å²) in [5, 5.41) is 12.0. The molecule has 3 aromatic heterocycles. The fourth-order valence-corrected chi connectivity index (χ4v) is 2.79. The van der Waals surface area contributed by atoms with Crippen LogP contribution in [0.3, 0.4) is 0 Å². The SMILES string of the molecule is CC(C)c1nn(CC(=O)Nc2ncccn2)c(=O)c2cn(C3CC3)nc12. The third-order valence-corrected chi connectivity index (χ3v) is 4.25. The topological polar surface area (TPSA) is 108 Å². The van der Waals surface area contributed by atoms with Crippen LogP contribution in [0.15, 0.2) is 29.5 Å². The van der Waals surface area contributed by atoms with Crippen LogP contribution < -0.4 is 10.9 Å². The molecule has 26 heavy (non-hydrogen) atoms. The van der Waals surface area contributed by atoms with E-state index in [0.29, 0.717) is 22.6 Å². The molecule has 3 aromatic rings. The molecule has 1 amide bonds. The predicted octanol–water partition coefficient (Wildman–Crippen LogP) is 1.48. The Balaban J connectivity index is 1.69. The van der Waals surface area contributed by atoms with E-state index in [1.807, 2.05) is 18.5 Å². The smallest absolute Gasteiger partial charge is 0.278 e. The summed E-state index contributed by atoms with van der Waals surface area (Å²) in [4.78, 5) is 32.9. The maximum atomic E-state index is 12.8. The van der Waals surface area contributed by atoms with Crippen molar-refractivity contribution in [2.45, 2.75) is 45.2 Å². The minimum Gasteiger partial charge on any atom is -0.293 e. The summed E-state index contributed by atoms with van der Waals surface area (Å²) in [7, 11) is 0. The van der Waals surface area contributed by atoms with E-state index < -0.39 is 5.91 Å². The first-order valence-corrected chi connectivity index (χ1v) is 8.59. The van der Waals surface area contributed by atoms with Gasteiger partial charge >= 0.3 is 0 Å². The van der Waals surface area contributed by atoms with Crippen LogP contribution in [0, 0.1) is 0 Å². The number of carbonyl (C=O) groups is 1. The largest absolute Gasteiger partial charge is 0.293 e. The first-order chi connectivity index (χ1) is 12.5. The van der Waals surface area contributed by atoms with E-state index in [4.69, 9.17) is 0 Å². The predicted molar refractivity (Wildman–Crippen MR) is 94.8 cm³/mol. The van der Waals surface area contributed by atoms with Crippen molar-refractivity contribution < 1.29 is 4.79 Å². The molecular weight excluding hydrogens is 334 g/mol. The second-order valence-electron chi connectivity index (χ2n) is 6.73. The first-order valence-electron chi connectivity index (χ1n) is 8.59. The van der Waals surface area contributed by atoms with Crippen LogP contribution in [0.4, 0.5) is 5.95 Å². The second kappa shape index (κ2) is 6.32. The molecule has 0 aliphatic heterocycles. The summed E-state index contributed by atoms with van der Waals surface area (Å²) < 4.78 is 3.04. The zero-order chi connectivity index (χ0) is 18.3. The Morgan fingerprint density at radius 3 is 2.65 bits per heavy atom. The lowest BCUT2D eigenvalue weighted by molar-refractivity contribution is -0.117. The molecule has 0 saturated heterocycles. The number of aromatic nitrogens is 6. The number of fused-ring (bicyclic) bond motifs is 1. The number of nitrogens with one attached hydrogen (secondary N) is 1. The van der Waals surface area contributed by atoms with Gasteiger partial charge in [0.25, 0.3) is 5.56 Å². The maximum Gasteiger partial charge on any atom is 0.278 e. The van der Waals surface area contributed by atoms with Crippen LogP contribution in [0.25, 0.3) is 10.9 Å². The Morgan fingerprint density at radius 1 is 1.27 bits per heavy atom. The van der Waals surface area contributed by atoms with E-state index >= 15 is 0 Å². The number of hydrogen-bond acceptors (Lipinski definition) is 6. The van der Waals surface area contributed by atoms with Gasteiger partial charge in [-0.05, 0) is 24.8 Å². The fourth-order valence-electron chi connectivity index (χ4n) is 2.79. The molecule has 0 spiro atoms. The summed E-state index contributed by atoms with van der Waals surface area (Å²) >= 11 is 0. The van der Waals surface area contributed by atoms with E-state index in [9.17, 15) is 9.59 Å². The Labute approximate surface area is 149 Å². The van der Waals surface area contributed by atoms with Crippen molar-refractivity contribution in [3.63, 3.8) is 0 Å². The van der Waals surface area contributed by atoms with Gasteiger partial charge in [0.15, 0.2) is 0 Å². The minimum atomic E-state index is -0.408. The molecule has 1 fully saturated rings. The molecule has 0 aromatic carbocycles. The highest BCUT2D eigenvalue weighted by molar-refractivity contribution is 5.89. The normalized spacial score (nSPS) is 14.1. The van der Waals surface area contributed by atoms with Gasteiger partial charge in [-0.1, -0.05) is 13.8 Å². The van der Waals surface area contributed by atoms with E-state index in [2.05, 4.69) is 25.5 Å². The minimum absolute atomic E-state index is 0.0763. The summed E-state index contributed by atoms with van der Waals surface area (Å²) in [5.74, 6) is -0.140. The van der Waals surface area contributed by atoms with Crippen LogP contribution >= 0.6 is 0 Å². The van der Waals surface area contributed by atoms with Crippen molar-refractivity contribution in [1.29, 1.82) is 0 Å². The molecule has 1 aliphatic rings. The molecular formula is C17H19N7O2. The summed E-state index contributed by atoms with van der Waals surface area (Å²) in [6.07, 6.45) is 6.99. The van der Waals surface area contributed by atoms with Gasteiger partial charge < -0.3 is 0 Å². The maximum absolute atomic E-state index is 12.8. The third-order valence-electron chi connectivity index (χ3n) is 4.25. The zero-order valence-electron chi connectivity index (χ0n) is 14.6. The lowest BCUT2D eigenvalue weighted by Crippen LogP contribution is -2.31. The standard InChI is InChI=1S/C17H19N7O2/c1-10(2)14-15-12(8-23(22-15)11-4-5-11)16(26)24(21-14)9-13(25)20-17-18-6-3-7-19-17/h3,6-8,10-11H,4-5,9H2,1-2H3,(H,18,19,20,25). The van der Waals surface area contributed by atoms with Crippen LogP contribution in [0.2, 0.25) is 0 Å². The van der Waals surface area contributed by atoms with Crippen LogP contribution in [0.1, 0.15) is 44.3 Å². The number of amides is 1. The van der Waals surface area contributed by atoms with E-state index in [1.165, 1.54) is 17.1 Å². The van der Waals surface area contributed by atoms with Gasteiger partial charge in [-0.15, -0.1) is 0 Å². The van der Waals surface area contributed by atoms with Crippen molar-refractivity contribution in [3.05, 3.63) is 40.7 Å². The van der Waals surface area contributed by atoms with Crippen LogP contribution in [-0.4, -0.2) is 35.4 Å². The Bertz CT molecular complexity index is 1020. The zero-order valence-corrected chi connectivity index (χ0v) is 14.6. The number of anilines is 1. The van der Waals surface area contributed by atoms with E-state index in [-0.39, 0.29) is 24.0 Å². The van der Waals surface area contributed by atoms with Gasteiger partial charge in [-0.3, -0.25) is 19.6 Å². The molecule has 0 atom stereocenters. The summed E-state index contributed by atoms with van der Waals surface area (Å²) in [6.45, 7) is 3.77. The molecule has 4 rings (SSSR count). The molecule has 3 heterocycles. The highest BCUT2D eigenvalue weighted by atomic mass is 16.2. The Morgan fingerprint density at radius 2 is 2.00 bits per heavy atom. The fraction of sp³-hybridized carbons (Fsp3) is 0.412. The molecule has 0 bridgehead atoms. The molecule has 0 radical (unpaired) electrons. The highest BCUT2D eigenvalue weighted by Gasteiger charge is 2.27. The highest BCUT2D eigenvalue weighted by Crippen LogP contribution is 2.35. The summed E-state index contributed by atoms with van der Waals surface area (Å²) in [5.41, 5.74) is 1.02. The number of carbonyl (C=O) groups excluding carboxylic acids is 1. The Hall–Kier alpha value is -3.10. The second-order valence-corrected chi connectivity index (χ2v) is 6.73. The van der Waals surface area contributed by atoms with Crippen molar-refractivity contribution in [2.75, 3.05) is 5.32 Å². The monoisotopic (exact) mass is 353 g/mol. The molecule has 9 heteroatoms. The number of nitrogens with zero attached hydrogens (tertiary/aromatic N) is 6. The molecule has 0 unspecified atom stereocenters. The van der Waals surface area contributed by atoms with E-state index in [1.54, 1.807) is 12.3 Å². The molecule has 134 valence electrons. The van der Waals surface area contributed by atoms with Gasteiger partial charge in [0.2, 0.25) is 11.9 Å². The van der Waals surface area contributed by atoms with Crippen LogP contribution in [-0.2, 0) is 11.3 Å². The van der Waals surface area contributed by atoms with Gasteiger partial charge in [0.05, 0.1) is 17.1 Å². The van der Waals surface area contributed by atoms with Crippen LogP contribution in [0.5, 0.6) is 0 Å². The Kier molecular flexibility index (Phi) is 3.98. The van der Waals surface area contributed by atoms with Crippen molar-refractivity contribution in [2.24, 2.45) is 0 Å². The molecule has 9 nitrogen and oxygen atoms in total. The number of hydrogen-bond donors (Lipinski definition) is 1. The molecule has 1 N–H and O–H groups in total. The van der Waals surface area contributed by atoms with Crippen molar-refractivity contribution in [3.8, 4) is 0 Å². The lowest BCUT2D eigenvalue weighted by Gasteiger charge is -2.10. The first kappa shape index (κ1) is 16.4. The van der Waals surface area contributed by atoms with E-state index in [0.717, 1.165) is 12.8 Å². The quantitative estimate of drug-likeness (QED) is 0.744. The number of rotatable bonds is 5. The third kappa shape index (κ3) is 3.07. The molecule has 1 aliphatic carbocycles. The van der Waals surface area contributed by atoms with Gasteiger partial charge in [0, 0.05) is 18.6 Å². The van der Waals surface area contributed by atoms with Crippen molar-refractivity contribution >= 4 is 22.8 Å². The average molecular weight is 353 g/mol. The van der Waals surface area contributed by atoms with Gasteiger partial charge in [-0.25, -0.2) is 14.6 Å². The lowest BCUT2D eigenvalue weighted by atomic mass is 10.1.